The molecule has 0 spiro atoms. The van der Waals surface area contributed by atoms with Gasteiger partial charge in [-0.05, 0) is 23.6 Å². The topological polar surface area (TPSA) is 130 Å². The van der Waals surface area contributed by atoms with Gasteiger partial charge in [0.1, 0.15) is 17.9 Å². The third kappa shape index (κ3) is 7.22. The van der Waals surface area contributed by atoms with Crippen LogP contribution in [0.5, 0.6) is 0 Å². The van der Waals surface area contributed by atoms with Gasteiger partial charge in [-0.25, -0.2) is 19.3 Å². The van der Waals surface area contributed by atoms with Crippen molar-refractivity contribution in [3.63, 3.8) is 0 Å². The number of aryl methyl sites for hydroxylation is 1. The zero-order valence-corrected chi connectivity index (χ0v) is 20.0. The number of halogens is 4. The number of amides is 3. The first kappa shape index (κ1) is 27.5. The molecule has 37 heavy (non-hydrogen) atoms. The van der Waals surface area contributed by atoms with Crippen LogP contribution in [0.4, 0.5) is 23.2 Å². The van der Waals surface area contributed by atoms with E-state index in [2.05, 4.69) is 20.7 Å². The minimum absolute atomic E-state index is 0.0174. The van der Waals surface area contributed by atoms with Crippen LogP contribution in [0.3, 0.4) is 0 Å². The first-order valence-electron chi connectivity index (χ1n) is 11.4. The number of carbonyl (C=O) groups excluding carboxylic acids is 3. The normalized spacial score (nSPS) is 11.4. The van der Waals surface area contributed by atoms with Gasteiger partial charge in [-0.3, -0.25) is 19.8 Å². The van der Waals surface area contributed by atoms with Crippen molar-refractivity contribution in [3.05, 3.63) is 58.8 Å². The van der Waals surface area contributed by atoms with Crippen LogP contribution in [0, 0.1) is 5.82 Å². The molecule has 3 amide bonds. The van der Waals surface area contributed by atoms with Crippen LogP contribution in [0.1, 0.15) is 58.8 Å². The number of benzene rings is 1. The van der Waals surface area contributed by atoms with Crippen LogP contribution in [0.2, 0.25) is 0 Å². The van der Waals surface area contributed by atoms with Gasteiger partial charge < -0.3 is 10.6 Å². The second-order valence-corrected chi connectivity index (χ2v) is 8.00. The predicted molar refractivity (Wildman–Crippen MR) is 125 cm³/mol. The summed E-state index contributed by atoms with van der Waals surface area (Å²) in [6.07, 6.45) is -1.92. The van der Waals surface area contributed by atoms with Crippen molar-refractivity contribution in [2.45, 2.75) is 45.8 Å². The number of fused-ring (bicyclic) bond motifs is 1. The zero-order chi connectivity index (χ0) is 27.2. The summed E-state index contributed by atoms with van der Waals surface area (Å²) >= 11 is 0. The first-order chi connectivity index (χ1) is 17.5. The number of anilines is 1. The Balaban J connectivity index is 1.80. The molecular weight excluding hydrogens is 498 g/mol. The average molecular weight is 523 g/mol. The number of hydrogen-bond acceptors (Lipinski definition) is 6. The highest BCUT2D eigenvalue weighted by Gasteiger charge is 2.27. The summed E-state index contributed by atoms with van der Waals surface area (Å²) in [5.41, 5.74) is 4.56. The Labute approximate surface area is 208 Å². The second-order valence-electron chi connectivity index (χ2n) is 8.00. The quantitative estimate of drug-likeness (QED) is 0.239. The molecule has 198 valence electrons. The van der Waals surface area contributed by atoms with E-state index in [0.29, 0.717) is 17.7 Å². The van der Waals surface area contributed by atoms with Crippen molar-refractivity contribution < 1.29 is 31.9 Å². The van der Waals surface area contributed by atoms with Crippen molar-refractivity contribution in [3.8, 4) is 0 Å². The average Bonchev–Trinajstić information content (AvgIpc) is 3.23. The molecule has 10 nitrogen and oxygen atoms in total. The number of alkyl halides is 3. The first-order valence-corrected chi connectivity index (χ1v) is 11.4. The predicted octanol–water partition coefficient (Wildman–Crippen LogP) is 2.90. The molecule has 0 bridgehead atoms. The Morgan fingerprint density at radius 2 is 1.84 bits per heavy atom. The molecular formula is C23H25F4N7O3. The van der Waals surface area contributed by atoms with Crippen LogP contribution in [0.15, 0.2) is 30.5 Å². The summed E-state index contributed by atoms with van der Waals surface area (Å²) in [5, 5.41) is 9.10. The molecule has 0 aliphatic rings. The van der Waals surface area contributed by atoms with Crippen molar-refractivity contribution >= 4 is 29.1 Å². The maximum atomic E-state index is 14.2. The molecule has 0 aliphatic carbocycles. The van der Waals surface area contributed by atoms with Gasteiger partial charge in [-0.2, -0.15) is 18.3 Å². The van der Waals surface area contributed by atoms with E-state index in [1.807, 2.05) is 18.4 Å². The van der Waals surface area contributed by atoms with Crippen LogP contribution in [0.25, 0.3) is 5.65 Å². The van der Waals surface area contributed by atoms with Crippen molar-refractivity contribution in [1.82, 2.24) is 30.8 Å². The molecule has 1 aromatic carbocycles. The summed E-state index contributed by atoms with van der Waals surface area (Å²) in [6, 6.07) is 6.35. The van der Waals surface area contributed by atoms with E-state index in [1.54, 1.807) is 24.5 Å². The summed E-state index contributed by atoms with van der Waals surface area (Å²) in [6.45, 7) is 2.25. The summed E-state index contributed by atoms with van der Waals surface area (Å²) in [5.74, 6) is -2.95. The molecule has 0 unspecified atom stereocenters. The Morgan fingerprint density at radius 1 is 1.08 bits per heavy atom. The number of rotatable bonds is 10. The summed E-state index contributed by atoms with van der Waals surface area (Å²) in [7, 11) is 0. The molecule has 14 heteroatoms. The number of aromatic nitrogens is 3. The minimum Gasteiger partial charge on any atom is -0.347 e. The Hall–Kier alpha value is -4.07. The monoisotopic (exact) mass is 523 g/mol. The maximum absolute atomic E-state index is 14.2. The number of carbonyl (C=O) groups is 3. The van der Waals surface area contributed by atoms with Crippen LogP contribution in [-0.4, -0.2) is 45.0 Å². The molecule has 4 N–H and O–H groups in total. The lowest BCUT2D eigenvalue weighted by Crippen LogP contribution is -2.43. The van der Waals surface area contributed by atoms with Gasteiger partial charge in [0.05, 0.1) is 6.20 Å². The fourth-order valence-electron chi connectivity index (χ4n) is 3.35. The summed E-state index contributed by atoms with van der Waals surface area (Å²) < 4.78 is 52.0. The molecule has 0 saturated carbocycles. The van der Waals surface area contributed by atoms with E-state index in [-0.39, 0.29) is 18.1 Å². The van der Waals surface area contributed by atoms with Crippen molar-refractivity contribution in [1.29, 1.82) is 0 Å². The number of nitrogens with one attached hydrogen (secondary N) is 4. The minimum atomic E-state index is -4.59. The molecule has 3 rings (SSSR count). The van der Waals surface area contributed by atoms with Crippen LogP contribution < -0.4 is 21.5 Å². The number of hydrazine groups is 1. The highest BCUT2D eigenvalue weighted by molar-refractivity contribution is 5.98. The van der Waals surface area contributed by atoms with Gasteiger partial charge in [0, 0.05) is 24.7 Å². The second kappa shape index (κ2) is 11.8. The molecule has 0 saturated heterocycles. The van der Waals surface area contributed by atoms with E-state index < -0.39 is 41.7 Å². The molecule has 2 aromatic heterocycles. The van der Waals surface area contributed by atoms with E-state index in [0.717, 1.165) is 35.2 Å². The highest BCUT2D eigenvalue weighted by Crippen LogP contribution is 2.20. The van der Waals surface area contributed by atoms with Gasteiger partial charge in [-0.15, -0.1) is 0 Å². The van der Waals surface area contributed by atoms with Gasteiger partial charge in [-0.1, -0.05) is 32.4 Å². The van der Waals surface area contributed by atoms with Gasteiger partial charge >= 0.3 is 6.18 Å². The van der Waals surface area contributed by atoms with E-state index in [1.165, 1.54) is 0 Å². The third-order valence-electron chi connectivity index (χ3n) is 5.13. The lowest BCUT2D eigenvalue weighted by Gasteiger charge is -2.13. The van der Waals surface area contributed by atoms with Crippen LogP contribution >= 0.6 is 0 Å². The van der Waals surface area contributed by atoms with Crippen LogP contribution in [-0.2, 0) is 17.8 Å². The van der Waals surface area contributed by atoms with Crippen molar-refractivity contribution in [2.24, 2.45) is 0 Å². The Bertz CT molecular complexity index is 1310. The number of nitrogens with zero attached hydrogens (tertiary/aromatic N) is 3. The third-order valence-corrected chi connectivity index (χ3v) is 5.13. The lowest BCUT2D eigenvalue weighted by atomic mass is 10.0. The molecule has 3 aromatic rings. The zero-order valence-electron chi connectivity index (χ0n) is 20.0. The fraction of sp³-hybridized carbons (Fsp3) is 0.348. The largest absolute Gasteiger partial charge is 0.402 e. The fourth-order valence-corrected chi connectivity index (χ4v) is 3.35. The number of hydrogen-bond donors (Lipinski definition) is 4. The van der Waals surface area contributed by atoms with Gasteiger partial charge in [0.15, 0.2) is 11.5 Å². The summed E-state index contributed by atoms with van der Waals surface area (Å²) in [4.78, 5) is 41.0. The van der Waals surface area contributed by atoms with Crippen molar-refractivity contribution in [2.75, 3.05) is 11.9 Å². The standard InChI is InChI=1S/C23H25F4N7O3/c1-3-5-14-7-6-13(8-16(14)31-19(35)4-2)10-28-21(36)17-9-18(22(37)33-29-12-23(25,26)27)34-20(32-17)15(24)11-30-34/h6-9,11,29H,3-5,10,12H2,1-2H3,(H,28,36)(H,31,35)(H,33,37). The SMILES string of the molecule is CCCc1ccc(CNC(=O)c2cc(C(=O)NNCC(F)(F)F)n3ncc(F)c3n2)cc1NC(=O)CC. The smallest absolute Gasteiger partial charge is 0.347 e. The maximum Gasteiger partial charge on any atom is 0.402 e. The van der Waals surface area contributed by atoms with E-state index in [9.17, 15) is 31.9 Å². The highest BCUT2D eigenvalue weighted by atomic mass is 19.4. The molecule has 0 aliphatic heterocycles. The van der Waals surface area contributed by atoms with Gasteiger partial charge in [0.2, 0.25) is 5.91 Å². The van der Waals surface area contributed by atoms with E-state index in [4.69, 9.17) is 0 Å². The van der Waals surface area contributed by atoms with E-state index >= 15 is 0 Å². The molecule has 0 atom stereocenters. The Kier molecular flexibility index (Phi) is 8.76. The Morgan fingerprint density at radius 3 is 2.51 bits per heavy atom. The lowest BCUT2D eigenvalue weighted by molar-refractivity contribution is -0.126. The molecule has 0 radical (unpaired) electrons. The molecule has 2 heterocycles. The molecule has 0 fully saturated rings. The van der Waals surface area contributed by atoms with Gasteiger partial charge in [0.25, 0.3) is 11.8 Å².